The molecule has 20 heavy (non-hydrogen) atoms. The molecule has 0 aliphatic rings. The van der Waals surface area contributed by atoms with Crippen LogP contribution in [0.15, 0.2) is 28.8 Å². The molecule has 1 aromatic heterocycles. The normalized spacial score (nSPS) is 12.4. The Kier molecular flexibility index (Phi) is 4.50. The Morgan fingerprint density at radius 2 is 2.00 bits per heavy atom. The zero-order valence-electron chi connectivity index (χ0n) is 11.9. The summed E-state index contributed by atoms with van der Waals surface area (Å²) in [4.78, 5) is 15.1. The second kappa shape index (κ2) is 6.32. The van der Waals surface area contributed by atoms with E-state index in [1.54, 1.807) is 12.1 Å². The maximum Gasteiger partial charge on any atom is 0.229 e. The molecule has 0 N–H and O–H groups in total. The van der Waals surface area contributed by atoms with Crippen molar-refractivity contribution in [3.05, 3.63) is 30.2 Å². The molecule has 1 atom stereocenters. The lowest BCUT2D eigenvalue weighted by Crippen LogP contribution is -2.16. The summed E-state index contributed by atoms with van der Waals surface area (Å²) in [5.41, 5.74) is 0.854. The minimum Gasteiger partial charge on any atom is -0.483 e. The van der Waals surface area contributed by atoms with Gasteiger partial charge in [-0.15, -0.1) is 0 Å². The summed E-state index contributed by atoms with van der Waals surface area (Å²) in [6.45, 7) is 5.90. The van der Waals surface area contributed by atoms with Crippen LogP contribution in [0.25, 0.3) is 11.4 Å². The van der Waals surface area contributed by atoms with Gasteiger partial charge in [0.05, 0.1) is 0 Å². The van der Waals surface area contributed by atoms with Crippen molar-refractivity contribution in [3.8, 4) is 17.1 Å². The molecule has 2 rings (SSSR count). The van der Waals surface area contributed by atoms with E-state index < -0.39 is 6.10 Å². The van der Waals surface area contributed by atoms with Crippen molar-refractivity contribution in [2.24, 2.45) is 0 Å². The summed E-state index contributed by atoms with van der Waals surface area (Å²) >= 11 is 0. The number of rotatable bonds is 6. The number of hydrogen-bond donors (Lipinski definition) is 0. The van der Waals surface area contributed by atoms with Gasteiger partial charge in [-0.05, 0) is 30.7 Å². The van der Waals surface area contributed by atoms with Gasteiger partial charge in [0.2, 0.25) is 11.7 Å². The molecule has 0 saturated heterocycles. The molecule has 1 unspecified atom stereocenters. The van der Waals surface area contributed by atoms with Crippen molar-refractivity contribution in [1.82, 2.24) is 10.1 Å². The van der Waals surface area contributed by atoms with Gasteiger partial charge in [-0.1, -0.05) is 25.9 Å². The molecule has 0 bridgehead atoms. The molecular weight excluding hydrogens is 256 g/mol. The molecule has 5 nitrogen and oxygen atoms in total. The van der Waals surface area contributed by atoms with Crippen LogP contribution in [0.4, 0.5) is 0 Å². The van der Waals surface area contributed by atoms with Gasteiger partial charge >= 0.3 is 0 Å². The number of aromatic nitrogens is 2. The molecule has 0 aliphatic carbocycles. The first-order chi connectivity index (χ1) is 9.63. The minimum atomic E-state index is -0.404. The van der Waals surface area contributed by atoms with E-state index >= 15 is 0 Å². The summed E-state index contributed by atoms with van der Waals surface area (Å²) in [6, 6.07) is 7.30. The smallest absolute Gasteiger partial charge is 0.229 e. The Morgan fingerprint density at radius 3 is 2.50 bits per heavy atom. The lowest BCUT2D eigenvalue weighted by atomic mass is 10.2. The van der Waals surface area contributed by atoms with Crippen LogP contribution < -0.4 is 4.74 Å². The zero-order valence-corrected chi connectivity index (χ0v) is 11.9. The summed E-state index contributed by atoms with van der Waals surface area (Å²) in [6.07, 6.45) is 1.05. The third-order valence-corrected chi connectivity index (χ3v) is 2.89. The van der Waals surface area contributed by atoms with Crippen LogP contribution in [0.3, 0.4) is 0 Å². The van der Waals surface area contributed by atoms with E-state index in [-0.39, 0.29) is 5.92 Å². The lowest BCUT2D eigenvalue weighted by molar-refractivity contribution is -0.113. The average Bonchev–Trinajstić information content (AvgIpc) is 2.95. The van der Waals surface area contributed by atoms with E-state index in [1.807, 2.05) is 32.9 Å². The molecule has 1 aromatic carbocycles. The molecule has 0 radical (unpaired) electrons. The lowest BCUT2D eigenvalue weighted by Gasteiger charge is -2.11. The van der Waals surface area contributed by atoms with E-state index in [0.717, 1.165) is 11.8 Å². The monoisotopic (exact) mass is 274 g/mol. The number of nitrogens with zero attached hydrogens (tertiary/aromatic N) is 2. The van der Waals surface area contributed by atoms with Crippen molar-refractivity contribution < 1.29 is 14.1 Å². The average molecular weight is 274 g/mol. The summed E-state index contributed by atoms with van der Waals surface area (Å²) < 4.78 is 10.7. The Labute approximate surface area is 118 Å². The zero-order chi connectivity index (χ0) is 14.5. The third kappa shape index (κ3) is 3.23. The minimum absolute atomic E-state index is 0.205. The van der Waals surface area contributed by atoms with Gasteiger partial charge in [0.15, 0.2) is 12.4 Å². The molecule has 0 amide bonds. The predicted octanol–water partition coefficient (Wildman–Crippen LogP) is 3.22. The molecule has 5 heteroatoms. The predicted molar refractivity (Wildman–Crippen MR) is 74.6 cm³/mol. The van der Waals surface area contributed by atoms with Gasteiger partial charge in [0.1, 0.15) is 5.75 Å². The quantitative estimate of drug-likeness (QED) is 0.757. The van der Waals surface area contributed by atoms with Crippen LogP contribution in [-0.2, 0) is 4.79 Å². The van der Waals surface area contributed by atoms with Gasteiger partial charge in [-0.3, -0.25) is 4.79 Å². The summed E-state index contributed by atoms with van der Waals surface area (Å²) in [7, 11) is 0. The molecule has 0 spiro atoms. The largest absolute Gasteiger partial charge is 0.483 e. The fourth-order valence-corrected chi connectivity index (χ4v) is 1.65. The van der Waals surface area contributed by atoms with Crippen LogP contribution in [0.1, 0.15) is 39.0 Å². The molecule has 2 aromatic rings. The van der Waals surface area contributed by atoms with Crippen LogP contribution in [0.2, 0.25) is 0 Å². The highest BCUT2D eigenvalue weighted by atomic mass is 16.5. The molecule has 0 fully saturated rings. The number of benzene rings is 1. The van der Waals surface area contributed by atoms with Gasteiger partial charge in [0, 0.05) is 11.5 Å². The fourth-order valence-electron chi connectivity index (χ4n) is 1.65. The van der Waals surface area contributed by atoms with Crippen molar-refractivity contribution >= 4 is 6.29 Å². The van der Waals surface area contributed by atoms with Crippen LogP contribution in [-0.4, -0.2) is 22.5 Å². The first kappa shape index (κ1) is 14.2. The molecule has 106 valence electrons. The number of carbonyl (C=O) groups is 1. The Morgan fingerprint density at radius 1 is 1.30 bits per heavy atom. The fraction of sp³-hybridized carbons (Fsp3) is 0.400. The van der Waals surface area contributed by atoms with Crippen molar-refractivity contribution in [2.45, 2.75) is 39.2 Å². The molecule has 0 saturated carbocycles. The summed E-state index contributed by atoms with van der Waals surface area (Å²) in [5, 5.41) is 3.95. The van der Waals surface area contributed by atoms with Crippen molar-refractivity contribution in [2.75, 3.05) is 0 Å². The second-order valence-electron chi connectivity index (χ2n) is 4.84. The van der Waals surface area contributed by atoms with E-state index in [2.05, 4.69) is 10.1 Å². The van der Waals surface area contributed by atoms with Crippen LogP contribution in [0, 0.1) is 0 Å². The van der Waals surface area contributed by atoms with Gasteiger partial charge in [-0.2, -0.15) is 4.98 Å². The number of hydrogen-bond acceptors (Lipinski definition) is 5. The van der Waals surface area contributed by atoms with Gasteiger partial charge < -0.3 is 9.26 Å². The number of ether oxygens (including phenoxy) is 1. The van der Waals surface area contributed by atoms with Crippen molar-refractivity contribution in [3.63, 3.8) is 0 Å². The molecule has 0 aliphatic heterocycles. The van der Waals surface area contributed by atoms with E-state index in [4.69, 9.17) is 9.26 Å². The van der Waals surface area contributed by atoms with E-state index in [0.29, 0.717) is 23.9 Å². The Hall–Kier alpha value is -2.17. The third-order valence-electron chi connectivity index (χ3n) is 2.89. The maximum absolute atomic E-state index is 10.7. The highest BCUT2D eigenvalue weighted by Crippen LogP contribution is 2.22. The highest BCUT2D eigenvalue weighted by Gasteiger charge is 2.12. The number of carbonyl (C=O) groups excluding carboxylic acids is 1. The Bertz CT molecular complexity index is 561. The van der Waals surface area contributed by atoms with Crippen LogP contribution >= 0.6 is 0 Å². The van der Waals surface area contributed by atoms with Gasteiger partial charge in [0.25, 0.3) is 0 Å². The maximum atomic E-state index is 10.7. The van der Waals surface area contributed by atoms with E-state index in [1.165, 1.54) is 0 Å². The second-order valence-corrected chi connectivity index (χ2v) is 4.84. The summed E-state index contributed by atoms with van der Waals surface area (Å²) in [5.74, 6) is 2.03. The highest BCUT2D eigenvalue weighted by molar-refractivity contribution is 5.58. The number of aldehydes is 1. The standard InChI is InChI=1S/C15H18N2O3/c1-4-12(9-18)19-13-7-5-11(6-8-13)14-16-15(10(2)3)20-17-14/h5-10,12H,4H2,1-3H3. The SMILES string of the molecule is CCC(C=O)Oc1ccc(-c2noc(C(C)C)n2)cc1. The molecular formula is C15H18N2O3. The first-order valence-corrected chi connectivity index (χ1v) is 6.70. The van der Waals surface area contributed by atoms with Crippen molar-refractivity contribution in [1.29, 1.82) is 0 Å². The van der Waals surface area contributed by atoms with E-state index in [9.17, 15) is 4.79 Å². The van der Waals surface area contributed by atoms with Gasteiger partial charge in [-0.25, -0.2) is 0 Å². The first-order valence-electron chi connectivity index (χ1n) is 6.70. The van der Waals surface area contributed by atoms with Crippen LogP contribution in [0.5, 0.6) is 5.75 Å². The molecule has 1 heterocycles. The topological polar surface area (TPSA) is 65.2 Å². The Balaban J connectivity index is 2.12.